The summed E-state index contributed by atoms with van der Waals surface area (Å²) in [6, 6.07) is 3.52. The van der Waals surface area contributed by atoms with E-state index in [1.54, 1.807) is 29.8 Å². The number of fused-ring (bicyclic) bond motifs is 2. The largest absolute Gasteiger partial charge is 0.490 e. The van der Waals surface area contributed by atoms with Crippen LogP contribution in [0.2, 0.25) is 0 Å². The summed E-state index contributed by atoms with van der Waals surface area (Å²) in [6.07, 6.45) is 7.95. The molecule has 27 heavy (non-hydrogen) atoms. The molecule has 3 aliphatic rings. The highest BCUT2D eigenvalue weighted by Gasteiger charge is 2.39. The fraction of sp³-hybridized carbons (Fsp3) is 0.350. The van der Waals surface area contributed by atoms with E-state index in [2.05, 4.69) is 9.98 Å². The van der Waals surface area contributed by atoms with Crippen molar-refractivity contribution in [3.63, 3.8) is 0 Å². The zero-order valence-electron chi connectivity index (χ0n) is 15.3. The molecule has 7 nitrogen and oxygen atoms in total. The van der Waals surface area contributed by atoms with Crippen molar-refractivity contribution in [1.82, 2.24) is 14.5 Å². The van der Waals surface area contributed by atoms with E-state index in [-0.39, 0.29) is 17.6 Å². The average Bonchev–Trinajstić information content (AvgIpc) is 3.27. The van der Waals surface area contributed by atoms with Gasteiger partial charge in [0.05, 0.1) is 12.1 Å². The third-order valence-electron chi connectivity index (χ3n) is 5.55. The summed E-state index contributed by atoms with van der Waals surface area (Å²) in [5.74, 6) is 1.27. The van der Waals surface area contributed by atoms with Gasteiger partial charge < -0.3 is 14.6 Å². The summed E-state index contributed by atoms with van der Waals surface area (Å²) in [7, 11) is 3.50. The second kappa shape index (κ2) is 5.70. The smallest absolute Gasteiger partial charge is 0.326 e. The monoisotopic (exact) mass is 365 g/mol. The minimum atomic E-state index is -0.378. The fourth-order valence-electron chi connectivity index (χ4n) is 3.75. The summed E-state index contributed by atoms with van der Waals surface area (Å²) < 4.78 is 7.81. The molecule has 0 radical (unpaired) electrons. The molecule has 0 spiro atoms. The molecular weight excluding hydrogens is 344 g/mol. The molecule has 1 fully saturated rings. The number of nitrogens with zero attached hydrogens (tertiary/aromatic N) is 2. The van der Waals surface area contributed by atoms with Gasteiger partial charge in [-0.05, 0) is 30.9 Å². The third-order valence-corrected chi connectivity index (χ3v) is 5.55. The van der Waals surface area contributed by atoms with Crippen molar-refractivity contribution in [2.24, 2.45) is 13.0 Å². The number of allylic oxidation sites excluding steroid dienone is 1. The van der Waals surface area contributed by atoms with Gasteiger partial charge in [0.15, 0.2) is 12.0 Å². The molecule has 1 amide bonds. The zero-order valence-corrected chi connectivity index (χ0v) is 15.3. The molecule has 7 heteroatoms. The molecule has 1 saturated carbocycles. The number of aryl methyl sites for hydroxylation is 1. The van der Waals surface area contributed by atoms with Crippen LogP contribution in [0.4, 0.5) is 0 Å². The van der Waals surface area contributed by atoms with Gasteiger partial charge in [0.2, 0.25) is 0 Å². The summed E-state index contributed by atoms with van der Waals surface area (Å²) in [6.45, 7) is 0.637. The quantitative estimate of drug-likeness (QED) is 0.796. The number of amides is 1. The molecule has 2 aromatic rings. The molecule has 5 rings (SSSR count). The van der Waals surface area contributed by atoms with Crippen LogP contribution in [0, 0.1) is 5.92 Å². The highest BCUT2D eigenvalue weighted by Crippen LogP contribution is 2.40. The van der Waals surface area contributed by atoms with E-state index >= 15 is 0 Å². The van der Waals surface area contributed by atoms with Gasteiger partial charge >= 0.3 is 5.69 Å². The van der Waals surface area contributed by atoms with Crippen LogP contribution >= 0.6 is 0 Å². The first-order valence-electron chi connectivity index (χ1n) is 9.18. The first kappa shape index (κ1) is 16.1. The normalized spacial score (nSPS) is 21.5. The maximum absolute atomic E-state index is 12.4. The molecular formula is C20H21N4O3+. The van der Waals surface area contributed by atoms with Crippen LogP contribution in [-0.2, 0) is 11.8 Å². The number of benzene rings is 1. The predicted octanol–water partition coefficient (Wildman–Crippen LogP) is -0.0717. The minimum absolute atomic E-state index is 0.00777. The summed E-state index contributed by atoms with van der Waals surface area (Å²) >= 11 is 0. The minimum Gasteiger partial charge on any atom is -0.490 e. The summed E-state index contributed by atoms with van der Waals surface area (Å²) in [5, 5.41) is 0. The first-order valence-corrected chi connectivity index (χ1v) is 9.18. The molecule has 1 atom stereocenters. The lowest BCUT2D eigenvalue weighted by molar-refractivity contribution is -0.467. The Morgan fingerprint density at radius 3 is 2.85 bits per heavy atom. The molecule has 1 unspecified atom stereocenters. The Morgan fingerprint density at radius 1 is 1.26 bits per heavy atom. The van der Waals surface area contributed by atoms with Crippen molar-refractivity contribution in [2.45, 2.75) is 18.9 Å². The molecule has 1 aromatic carbocycles. The number of hydrogen-bond acceptors (Lipinski definition) is 3. The Labute approximate surface area is 155 Å². The van der Waals surface area contributed by atoms with E-state index in [4.69, 9.17) is 4.74 Å². The lowest BCUT2D eigenvalue weighted by atomic mass is 9.90. The molecule has 1 aromatic heterocycles. The maximum atomic E-state index is 12.4. The van der Waals surface area contributed by atoms with Gasteiger partial charge in [0.25, 0.3) is 11.9 Å². The van der Waals surface area contributed by atoms with Gasteiger partial charge in [-0.1, -0.05) is 0 Å². The number of hydrogen-bond donors (Lipinski definition) is 2. The van der Waals surface area contributed by atoms with Crippen molar-refractivity contribution >= 4 is 28.7 Å². The molecule has 3 heterocycles. The number of aromatic nitrogens is 2. The Morgan fingerprint density at radius 2 is 2.07 bits per heavy atom. The number of H-pyrrole nitrogens is 1. The van der Waals surface area contributed by atoms with Gasteiger partial charge in [-0.2, -0.15) is 0 Å². The van der Waals surface area contributed by atoms with Crippen LogP contribution in [0.25, 0.3) is 16.6 Å². The number of imidazole rings is 1. The Bertz CT molecular complexity index is 1110. The van der Waals surface area contributed by atoms with Crippen molar-refractivity contribution in [3.8, 4) is 5.75 Å². The van der Waals surface area contributed by atoms with Crippen molar-refractivity contribution in [1.29, 1.82) is 0 Å². The van der Waals surface area contributed by atoms with Crippen molar-refractivity contribution < 1.29 is 14.5 Å². The number of carbonyl (C=O) groups excluding carboxylic acids is 1. The molecule has 2 aliphatic heterocycles. The molecule has 1 aliphatic carbocycles. The topological polar surface area (TPSA) is 81.3 Å². The molecule has 2 N–H and O–H groups in total. The highest BCUT2D eigenvalue weighted by atomic mass is 16.5. The number of likely N-dealkylation sites (N-methyl/N-ethyl adjacent to an activating group) is 1. The summed E-state index contributed by atoms with van der Waals surface area (Å²) in [5.41, 5.74) is 4.08. The van der Waals surface area contributed by atoms with Gasteiger partial charge in [0.1, 0.15) is 5.52 Å². The number of nitrogens with one attached hydrogen (secondary N) is 2. The van der Waals surface area contributed by atoms with E-state index in [9.17, 15) is 9.59 Å². The van der Waals surface area contributed by atoms with Crippen LogP contribution in [0.3, 0.4) is 0 Å². The van der Waals surface area contributed by atoms with Crippen LogP contribution < -0.4 is 15.4 Å². The van der Waals surface area contributed by atoms with E-state index in [0.29, 0.717) is 23.8 Å². The standard InChI is InChI=1S/C20H20N4O3/c1-23-9-14(12-7-8-21-16(12)19(23)25)13-5-6-15-17(22-20(26)24(15)2)18(13)27-10-11-3-4-11/h5-9,11,16H,3-4,10H2,1-2H3,(H,22,26)/p+1. The van der Waals surface area contributed by atoms with E-state index in [1.807, 2.05) is 24.4 Å². The number of aromatic amines is 1. The van der Waals surface area contributed by atoms with Gasteiger partial charge in [-0.3, -0.25) is 9.36 Å². The van der Waals surface area contributed by atoms with Crippen LogP contribution in [0.1, 0.15) is 18.4 Å². The first-order chi connectivity index (χ1) is 13.0. The van der Waals surface area contributed by atoms with E-state index in [0.717, 1.165) is 22.2 Å². The van der Waals surface area contributed by atoms with Gasteiger partial charge in [-0.15, -0.1) is 0 Å². The molecule has 0 bridgehead atoms. The second-order valence-corrected chi connectivity index (χ2v) is 7.46. The van der Waals surface area contributed by atoms with Gasteiger partial charge in [-0.25, -0.2) is 9.79 Å². The highest BCUT2D eigenvalue weighted by molar-refractivity contribution is 6.03. The summed E-state index contributed by atoms with van der Waals surface area (Å²) in [4.78, 5) is 32.2. The Hall–Kier alpha value is -3.09. The fourth-order valence-corrected chi connectivity index (χ4v) is 3.75. The van der Waals surface area contributed by atoms with Crippen LogP contribution in [0.15, 0.2) is 34.8 Å². The van der Waals surface area contributed by atoms with Gasteiger partial charge in [0, 0.05) is 43.1 Å². The Balaban J connectivity index is 1.70. The zero-order chi connectivity index (χ0) is 18.7. The van der Waals surface area contributed by atoms with Crippen molar-refractivity contribution in [2.75, 3.05) is 13.7 Å². The molecule has 0 saturated heterocycles. The third kappa shape index (κ3) is 2.45. The average molecular weight is 365 g/mol. The van der Waals surface area contributed by atoms with E-state index in [1.165, 1.54) is 12.8 Å². The van der Waals surface area contributed by atoms with Crippen molar-refractivity contribution in [3.05, 3.63) is 46.0 Å². The number of rotatable bonds is 4. The Kier molecular flexibility index (Phi) is 3.40. The SMILES string of the molecule is CN1C=C(c2ccc3c([nH]c(=O)n3C)c2OCC2CC2)C2=CC=[NH+]C2C1=O. The van der Waals surface area contributed by atoms with E-state index < -0.39 is 0 Å². The van der Waals surface area contributed by atoms with Crippen LogP contribution in [-0.4, -0.2) is 46.3 Å². The second-order valence-electron chi connectivity index (χ2n) is 7.46. The lowest BCUT2D eigenvalue weighted by Crippen LogP contribution is -2.78. The maximum Gasteiger partial charge on any atom is 0.326 e. The molecule has 138 valence electrons. The lowest BCUT2D eigenvalue weighted by Gasteiger charge is -2.25. The number of carbonyl (C=O) groups is 1. The van der Waals surface area contributed by atoms with Crippen LogP contribution in [0.5, 0.6) is 5.75 Å². The number of ether oxygens (including phenoxy) is 1. The predicted molar refractivity (Wildman–Crippen MR) is 101 cm³/mol.